The second kappa shape index (κ2) is 6.47. The van der Waals surface area contributed by atoms with E-state index in [2.05, 4.69) is 9.97 Å². The zero-order valence-corrected chi connectivity index (χ0v) is 11.8. The molecule has 0 aliphatic carbocycles. The predicted molar refractivity (Wildman–Crippen MR) is 72.6 cm³/mol. The van der Waals surface area contributed by atoms with Gasteiger partial charge in [-0.15, -0.1) is 0 Å². The van der Waals surface area contributed by atoms with Crippen molar-refractivity contribution in [2.45, 2.75) is 39.2 Å². The predicted octanol–water partition coefficient (Wildman–Crippen LogP) is 1.51. The Labute approximate surface area is 113 Å². The molecule has 1 rings (SSSR count). The second-order valence-electron chi connectivity index (χ2n) is 4.98. The van der Waals surface area contributed by atoms with E-state index in [1.165, 1.54) is 6.20 Å². The van der Waals surface area contributed by atoms with Crippen molar-refractivity contribution in [1.82, 2.24) is 9.97 Å². The van der Waals surface area contributed by atoms with Crippen LogP contribution in [0.25, 0.3) is 0 Å². The van der Waals surface area contributed by atoms with E-state index in [1.807, 2.05) is 13.8 Å². The van der Waals surface area contributed by atoms with E-state index >= 15 is 0 Å². The third-order valence-corrected chi connectivity index (χ3v) is 2.80. The smallest absolute Gasteiger partial charge is 0.356 e. The number of rotatable bonds is 6. The van der Waals surface area contributed by atoms with E-state index in [0.717, 1.165) is 0 Å². The lowest BCUT2D eigenvalue weighted by Crippen LogP contribution is -2.25. The Kier molecular flexibility index (Phi) is 5.23. The average molecular weight is 267 g/mol. The maximum atomic E-state index is 11.3. The van der Waals surface area contributed by atoms with Crippen LogP contribution < -0.4 is 4.90 Å². The van der Waals surface area contributed by atoms with Gasteiger partial charge in [0, 0.05) is 19.5 Å². The van der Waals surface area contributed by atoms with Crippen molar-refractivity contribution in [3.05, 3.63) is 17.7 Å². The van der Waals surface area contributed by atoms with Crippen LogP contribution in [0.5, 0.6) is 0 Å². The number of anilines is 1. The molecule has 0 fully saturated rings. The molecule has 1 atom stereocenters. The van der Waals surface area contributed by atoms with Gasteiger partial charge in [-0.3, -0.25) is 0 Å². The molecule has 1 unspecified atom stereocenters. The minimum Gasteiger partial charge on any atom is -0.476 e. The highest BCUT2D eigenvalue weighted by atomic mass is 16.4. The molecule has 0 saturated heterocycles. The first kappa shape index (κ1) is 15.4. The maximum Gasteiger partial charge on any atom is 0.356 e. The molecule has 6 heteroatoms. The number of aromatic nitrogens is 2. The molecule has 0 bridgehead atoms. The average Bonchev–Trinajstić information content (AvgIpc) is 2.34. The van der Waals surface area contributed by atoms with Crippen molar-refractivity contribution in [2.75, 3.05) is 18.5 Å². The monoisotopic (exact) mass is 267 g/mol. The van der Waals surface area contributed by atoms with Gasteiger partial charge in [-0.2, -0.15) is 0 Å². The molecular formula is C13H21N3O3. The topological polar surface area (TPSA) is 86.5 Å². The number of hydrogen-bond donors (Lipinski definition) is 2. The fourth-order valence-corrected chi connectivity index (χ4v) is 1.60. The van der Waals surface area contributed by atoms with Gasteiger partial charge in [-0.05, 0) is 13.3 Å². The standard InChI is InChI=1S/C13H21N3O3/c1-8(2)12-14-7-10(11(15-12)13(18)19)16(4)6-5-9(3)17/h7-9,17H,5-6H2,1-4H3,(H,18,19). The summed E-state index contributed by atoms with van der Waals surface area (Å²) in [6, 6.07) is 0. The van der Waals surface area contributed by atoms with Crippen LogP contribution in [0.15, 0.2) is 6.20 Å². The third kappa shape index (κ3) is 4.17. The summed E-state index contributed by atoms with van der Waals surface area (Å²) in [5.41, 5.74) is 0.476. The zero-order chi connectivity index (χ0) is 14.6. The zero-order valence-electron chi connectivity index (χ0n) is 11.8. The first-order valence-corrected chi connectivity index (χ1v) is 6.32. The molecule has 0 aliphatic rings. The van der Waals surface area contributed by atoms with Crippen molar-refractivity contribution in [3.63, 3.8) is 0 Å². The number of nitrogens with zero attached hydrogens (tertiary/aromatic N) is 3. The summed E-state index contributed by atoms with van der Waals surface area (Å²) in [7, 11) is 1.77. The van der Waals surface area contributed by atoms with E-state index in [-0.39, 0.29) is 11.6 Å². The minimum absolute atomic E-state index is 0.00629. The lowest BCUT2D eigenvalue weighted by atomic mass is 10.2. The summed E-state index contributed by atoms with van der Waals surface area (Å²) in [5, 5.41) is 18.5. The molecule has 1 heterocycles. The Bertz CT molecular complexity index is 447. The third-order valence-electron chi connectivity index (χ3n) is 2.80. The van der Waals surface area contributed by atoms with Crippen LogP contribution in [-0.4, -0.2) is 45.8 Å². The van der Waals surface area contributed by atoms with Crippen molar-refractivity contribution in [3.8, 4) is 0 Å². The highest BCUT2D eigenvalue weighted by Crippen LogP contribution is 2.19. The van der Waals surface area contributed by atoms with Gasteiger partial charge < -0.3 is 15.1 Å². The Balaban J connectivity index is 3.02. The molecule has 0 aliphatic heterocycles. The van der Waals surface area contributed by atoms with Crippen molar-refractivity contribution in [2.24, 2.45) is 0 Å². The summed E-state index contributed by atoms with van der Waals surface area (Å²) in [4.78, 5) is 21.3. The molecule has 0 saturated carbocycles. The normalized spacial score (nSPS) is 12.5. The van der Waals surface area contributed by atoms with Gasteiger partial charge in [0.25, 0.3) is 0 Å². The summed E-state index contributed by atoms with van der Waals surface area (Å²) in [5.74, 6) is -0.469. The molecule has 1 aromatic heterocycles. The number of carboxylic acids is 1. The van der Waals surface area contributed by atoms with Crippen LogP contribution in [0, 0.1) is 0 Å². The molecule has 6 nitrogen and oxygen atoms in total. The van der Waals surface area contributed by atoms with Gasteiger partial charge in [0.05, 0.1) is 18.0 Å². The van der Waals surface area contributed by atoms with Gasteiger partial charge in [0.2, 0.25) is 0 Å². The van der Waals surface area contributed by atoms with E-state index in [9.17, 15) is 15.0 Å². The summed E-state index contributed by atoms with van der Waals surface area (Å²) < 4.78 is 0. The van der Waals surface area contributed by atoms with Gasteiger partial charge in [0.15, 0.2) is 5.69 Å². The fraction of sp³-hybridized carbons (Fsp3) is 0.615. The van der Waals surface area contributed by atoms with E-state index in [0.29, 0.717) is 24.5 Å². The van der Waals surface area contributed by atoms with E-state index in [1.54, 1.807) is 18.9 Å². The molecule has 19 heavy (non-hydrogen) atoms. The minimum atomic E-state index is -1.07. The van der Waals surface area contributed by atoms with Crippen molar-refractivity contribution >= 4 is 11.7 Å². The number of aromatic carboxylic acids is 1. The van der Waals surface area contributed by atoms with Crippen LogP contribution in [0.4, 0.5) is 5.69 Å². The Hall–Kier alpha value is -1.69. The van der Waals surface area contributed by atoms with Gasteiger partial charge in [-0.25, -0.2) is 14.8 Å². The largest absolute Gasteiger partial charge is 0.476 e. The van der Waals surface area contributed by atoms with Crippen molar-refractivity contribution in [1.29, 1.82) is 0 Å². The second-order valence-corrected chi connectivity index (χ2v) is 4.98. The first-order chi connectivity index (χ1) is 8.82. The first-order valence-electron chi connectivity index (χ1n) is 6.32. The number of aliphatic hydroxyl groups is 1. The maximum absolute atomic E-state index is 11.3. The van der Waals surface area contributed by atoms with Gasteiger partial charge in [-0.1, -0.05) is 13.8 Å². The Morgan fingerprint density at radius 1 is 1.42 bits per heavy atom. The lowest BCUT2D eigenvalue weighted by molar-refractivity contribution is 0.0690. The summed E-state index contributed by atoms with van der Waals surface area (Å²) >= 11 is 0. The number of carbonyl (C=O) groups is 1. The molecule has 1 aromatic rings. The van der Waals surface area contributed by atoms with Crippen LogP contribution in [0.1, 0.15) is 49.4 Å². The molecule has 0 amide bonds. The summed E-state index contributed by atoms with van der Waals surface area (Å²) in [6.07, 6.45) is 1.67. The highest BCUT2D eigenvalue weighted by Gasteiger charge is 2.18. The number of aliphatic hydroxyl groups excluding tert-OH is 1. The fourth-order valence-electron chi connectivity index (χ4n) is 1.60. The van der Waals surface area contributed by atoms with Crippen molar-refractivity contribution < 1.29 is 15.0 Å². The van der Waals surface area contributed by atoms with E-state index in [4.69, 9.17) is 0 Å². The van der Waals surface area contributed by atoms with Crippen LogP contribution in [-0.2, 0) is 0 Å². The van der Waals surface area contributed by atoms with Crippen LogP contribution in [0.3, 0.4) is 0 Å². The number of hydrogen-bond acceptors (Lipinski definition) is 5. The lowest BCUT2D eigenvalue weighted by Gasteiger charge is -2.21. The van der Waals surface area contributed by atoms with Gasteiger partial charge >= 0.3 is 5.97 Å². The van der Waals surface area contributed by atoms with E-state index < -0.39 is 12.1 Å². The van der Waals surface area contributed by atoms with Crippen LogP contribution >= 0.6 is 0 Å². The van der Waals surface area contributed by atoms with Gasteiger partial charge in [0.1, 0.15) is 5.82 Å². The Morgan fingerprint density at radius 2 is 2.05 bits per heavy atom. The molecule has 0 spiro atoms. The van der Waals surface area contributed by atoms with Crippen LogP contribution in [0.2, 0.25) is 0 Å². The quantitative estimate of drug-likeness (QED) is 0.812. The number of carboxylic acid groups (broad SMARTS) is 1. The SMILES string of the molecule is CC(O)CCN(C)c1cnc(C(C)C)nc1C(=O)O. The molecule has 0 aromatic carbocycles. The molecule has 0 radical (unpaired) electrons. The molecular weight excluding hydrogens is 246 g/mol. The summed E-state index contributed by atoms with van der Waals surface area (Å²) in [6.45, 7) is 6.07. The molecule has 2 N–H and O–H groups in total. The Morgan fingerprint density at radius 3 is 2.53 bits per heavy atom. The highest BCUT2D eigenvalue weighted by molar-refractivity contribution is 5.91. The molecule has 106 valence electrons.